The number of hydrogen-bond acceptors (Lipinski definition) is 4. The van der Waals surface area contributed by atoms with Gasteiger partial charge in [0.05, 0.1) is 5.02 Å². The average Bonchev–Trinajstić information content (AvgIpc) is 2.85. The van der Waals surface area contributed by atoms with Crippen molar-refractivity contribution in [3.8, 4) is 11.5 Å². The molecule has 1 aliphatic rings. The first-order valence-electron chi connectivity index (χ1n) is 6.24. The van der Waals surface area contributed by atoms with Crippen LogP contribution in [0.2, 0.25) is 5.02 Å². The summed E-state index contributed by atoms with van der Waals surface area (Å²) in [6.07, 6.45) is 0. The summed E-state index contributed by atoms with van der Waals surface area (Å²) in [5.41, 5.74) is 1.09. The van der Waals surface area contributed by atoms with Gasteiger partial charge in [-0.1, -0.05) is 11.6 Å². The summed E-state index contributed by atoms with van der Waals surface area (Å²) in [7, 11) is 0. The van der Waals surface area contributed by atoms with E-state index in [0.717, 1.165) is 28.9 Å². The van der Waals surface area contributed by atoms with E-state index in [-0.39, 0.29) is 0 Å². The van der Waals surface area contributed by atoms with Crippen molar-refractivity contribution in [2.24, 2.45) is 0 Å². The highest BCUT2D eigenvalue weighted by Crippen LogP contribution is 2.38. The summed E-state index contributed by atoms with van der Waals surface area (Å²) in [4.78, 5) is 1.29. The van der Waals surface area contributed by atoms with Crippen molar-refractivity contribution >= 4 is 38.9 Å². The second-order valence-electron chi connectivity index (χ2n) is 4.44. The molecule has 0 saturated carbocycles. The number of nitrogens with one attached hydrogen (secondary N) is 1. The van der Waals surface area contributed by atoms with Crippen LogP contribution in [0.1, 0.15) is 10.4 Å². The number of rotatable bonds is 4. The highest BCUT2D eigenvalue weighted by atomic mass is 79.9. The molecule has 6 heteroatoms. The minimum absolute atomic E-state index is 0.553. The number of thiophene rings is 1. The summed E-state index contributed by atoms with van der Waals surface area (Å²) in [6, 6.07) is 6.03. The molecule has 106 valence electrons. The minimum Gasteiger partial charge on any atom is -0.486 e. The lowest BCUT2D eigenvalue weighted by Gasteiger charge is -2.20. The maximum Gasteiger partial charge on any atom is 0.179 e. The molecule has 2 heterocycles. The summed E-state index contributed by atoms with van der Waals surface area (Å²) in [6.45, 7) is 2.70. The summed E-state index contributed by atoms with van der Waals surface area (Å²) in [5.74, 6) is 1.39. The van der Waals surface area contributed by atoms with Crippen molar-refractivity contribution < 1.29 is 9.47 Å². The first-order valence-corrected chi connectivity index (χ1v) is 8.29. The smallest absolute Gasteiger partial charge is 0.179 e. The topological polar surface area (TPSA) is 30.5 Å². The van der Waals surface area contributed by atoms with Gasteiger partial charge in [-0.3, -0.25) is 0 Å². The Balaban J connectivity index is 1.64. The van der Waals surface area contributed by atoms with Crippen LogP contribution in [-0.2, 0) is 13.1 Å². The second-order valence-corrected chi connectivity index (χ2v) is 6.76. The van der Waals surface area contributed by atoms with Crippen LogP contribution in [0.3, 0.4) is 0 Å². The van der Waals surface area contributed by atoms with Crippen molar-refractivity contribution in [2.45, 2.75) is 13.1 Å². The van der Waals surface area contributed by atoms with Crippen molar-refractivity contribution in [1.82, 2.24) is 5.32 Å². The Morgan fingerprint density at radius 3 is 2.85 bits per heavy atom. The van der Waals surface area contributed by atoms with Crippen molar-refractivity contribution in [3.05, 3.63) is 43.5 Å². The van der Waals surface area contributed by atoms with Gasteiger partial charge in [0.15, 0.2) is 11.5 Å². The van der Waals surface area contributed by atoms with E-state index in [9.17, 15) is 0 Å². The van der Waals surface area contributed by atoms with Crippen LogP contribution < -0.4 is 14.8 Å². The summed E-state index contributed by atoms with van der Waals surface area (Å²) >= 11 is 11.4. The molecule has 20 heavy (non-hydrogen) atoms. The Kier molecular flexibility index (Phi) is 4.51. The Bertz CT molecular complexity index is 617. The lowest BCUT2D eigenvalue weighted by atomic mass is 10.2. The van der Waals surface area contributed by atoms with E-state index in [1.807, 2.05) is 12.1 Å². The molecule has 3 nitrogen and oxygen atoms in total. The molecule has 0 fully saturated rings. The van der Waals surface area contributed by atoms with Gasteiger partial charge in [0.2, 0.25) is 0 Å². The number of hydrogen-bond donors (Lipinski definition) is 1. The van der Waals surface area contributed by atoms with Crippen molar-refractivity contribution in [1.29, 1.82) is 0 Å². The Morgan fingerprint density at radius 2 is 2.05 bits per heavy atom. The standard InChI is InChI=1S/C14H13BrClNO2S/c15-10-5-11(20-8-10)7-17-6-9-3-12(16)14-13(4-9)18-1-2-19-14/h3-5,8,17H,1-2,6-7H2. The van der Waals surface area contributed by atoms with Crippen LogP contribution in [0.25, 0.3) is 0 Å². The van der Waals surface area contributed by atoms with Crippen molar-refractivity contribution in [2.75, 3.05) is 13.2 Å². The zero-order valence-electron chi connectivity index (χ0n) is 10.6. The number of halogens is 2. The van der Waals surface area contributed by atoms with Crippen LogP contribution in [0.5, 0.6) is 11.5 Å². The predicted molar refractivity (Wildman–Crippen MR) is 85.0 cm³/mol. The Labute approximate surface area is 135 Å². The monoisotopic (exact) mass is 373 g/mol. The highest BCUT2D eigenvalue weighted by Gasteiger charge is 2.16. The van der Waals surface area contributed by atoms with Crippen LogP contribution in [0, 0.1) is 0 Å². The molecule has 0 spiro atoms. The van der Waals surface area contributed by atoms with Gasteiger partial charge in [0.25, 0.3) is 0 Å². The normalized spacial score (nSPS) is 13.5. The minimum atomic E-state index is 0.553. The molecule has 1 aromatic heterocycles. The molecule has 1 aromatic carbocycles. The average molecular weight is 375 g/mol. The van der Waals surface area contributed by atoms with E-state index in [1.54, 1.807) is 11.3 Å². The molecule has 0 aliphatic carbocycles. The molecular formula is C14H13BrClNO2S. The third-order valence-electron chi connectivity index (χ3n) is 2.91. The predicted octanol–water partition coefficient (Wildman–Crippen LogP) is 4.23. The number of benzene rings is 1. The Hall–Kier alpha value is -0.750. The molecule has 1 N–H and O–H groups in total. The third kappa shape index (κ3) is 3.28. The first-order chi connectivity index (χ1) is 9.72. The fourth-order valence-electron chi connectivity index (χ4n) is 2.04. The van der Waals surface area contributed by atoms with Gasteiger partial charge in [-0.25, -0.2) is 0 Å². The Morgan fingerprint density at radius 1 is 1.20 bits per heavy atom. The fraction of sp³-hybridized carbons (Fsp3) is 0.286. The zero-order valence-corrected chi connectivity index (χ0v) is 13.8. The molecule has 0 unspecified atom stereocenters. The summed E-state index contributed by atoms with van der Waals surface area (Å²) in [5, 5.41) is 6.09. The molecular weight excluding hydrogens is 362 g/mol. The maximum atomic E-state index is 6.21. The van der Waals surface area contributed by atoms with E-state index < -0.39 is 0 Å². The maximum absolute atomic E-state index is 6.21. The SMILES string of the molecule is Clc1cc(CNCc2cc(Br)cs2)cc2c1OCCO2. The lowest BCUT2D eigenvalue weighted by molar-refractivity contribution is 0.171. The van der Waals surface area contributed by atoms with Gasteiger partial charge in [-0.05, 0) is 39.7 Å². The van der Waals surface area contributed by atoms with Crippen molar-refractivity contribution in [3.63, 3.8) is 0 Å². The molecule has 0 bridgehead atoms. The van der Waals surface area contributed by atoms with Crippen LogP contribution >= 0.6 is 38.9 Å². The van der Waals surface area contributed by atoms with Crippen LogP contribution in [0.4, 0.5) is 0 Å². The summed E-state index contributed by atoms with van der Waals surface area (Å²) < 4.78 is 12.2. The lowest BCUT2D eigenvalue weighted by Crippen LogP contribution is -2.17. The largest absolute Gasteiger partial charge is 0.486 e. The van der Waals surface area contributed by atoms with E-state index in [4.69, 9.17) is 21.1 Å². The number of ether oxygens (including phenoxy) is 2. The first kappa shape index (κ1) is 14.2. The fourth-order valence-corrected chi connectivity index (χ4v) is 3.75. The zero-order chi connectivity index (χ0) is 13.9. The third-order valence-corrected chi connectivity index (χ3v) is 4.89. The molecule has 0 saturated heterocycles. The second kappa shape index (κ2) is 6.35. The van der Waals surface area contributed by atoms with Crippen LogP contribution in [0.15, 0.2) is 28.1 Å². The van der Waals surface area contributed by atoms with Gasteiger partial charge in [-0.2, -0.15) is 0 Å². The van der Waals surface area contributed by atoms with E-state index in [2.05, 4.69) is 32.7 Å². The molecule has 0 atom stereocenters. The molecule has 1 aliphatic heterocycles. The van der Waals surface area contributed by atoms with Crippen LogP contribution in [-0.4, -0.2) is 13.2 Å². The van der Waals surface area contributed by atoms with Gasteiger partial charge < -0.3 is 14.8 Å². The van der Waals surface area contributed by atoms with Gasteiger partial charge in [0.1, 0.15) is 13.2 Å². The molecule has 2 aromatic rings. The highest BCUT2D eigenvalue weighted by molar-refractivity contribution is 9.10. The van der Waals surface area contributed by atoms with E-state index in [0.29, 0.717) is 24.0 Å². The molecule has 3 rings (SSSR count). The van der Waals surface area contributed by atoms with Gasteiger partial charge >= 0.3 is 0 Å². The molecule has 0 amide bonds. The number of fused-ring (bicyclic) bond motifs is 1. The van der Waals surface area contributed by atoms with Gasteiger partial charge in [0, 0.05) is 27.8 Å². The quantitative estimate of drug-likeness (QED) is 0.869. The molecule has 0 radical (unpaired) electrons. The van der Waals surface area contributed by atoms with E-state index >= 15 is 0 Å². The van der Waals surface area contributed by atoms with Gasteiger partial charge in [-0.15, -0.1) is 11.3 Å². The van der Waals surface area contributed by atoms with E-state index in [1.165, 1.54) is 4.88 Å².